The van der Waals surface area contributed by atoms with E-state index in [1.165, 1.54) is 5.56 Å². The molecule has 0 aliphatic carbocycles. The second-order valence-corrected chi connectivity index (χ2v) is 5.85. The van der Waals surface area contributed by atoms with E-state index < -0.39 is 0 Å². The summed E-state index contributed by atoms with van der Waals surface area (Å²) >= 11 is 0. The van der Waals surface area contributed by atoms with Crippen molar-refractivity contribution in [3.63, 3.8) is 0 Å². The van der Waals surface area contributed by atoms with Gasteiger partial charge in [0.05, 0.1) is 13.0 Å². The molecular formula is C17H21N3O3. The lowest BCUT2D eigenvalue weighted by Gasteiger charge is -2.31. The predicted molar refractivity (Wildman–Crippen MR) is 84.3 cm³/mol. The molecule has 0 N–H and O–H groups in total. The number of hydrogen-bond donors (Lipinski definition) is 0. The first-order valence-electron chi connectivity index (χ1n) is 7.86. The molecule has 1 fully saturated rings. The number of hydrogen-bond acceptors (Lipinski definition) is 5. The normalized spacial score (nSPS) is 18.3. The minimum atomic E-state index is 0.143. The van der Waals surface area contributed by atoms with Crippen molar-refractivity contribution >= 4 is 5.91 Å². The maximum atomic E-state index is 12.1. The van der Waals surface area contributed by atoms with E-state index >= 15 is 0 Å². The van der Waals surface area contributed by atoms with E-state index in [2.05, 4.69) is 10.1 Å². The van der Waals surface area contributed by atoms with Crippen molar-refractivity contribution in [2.45, 2.75) is 32.1 Å². The van der Waals surface area contributed by atoms with E-state index in [0.29, 0.717) is 31.2 Å². The fourth-order valence-corrected chi connectivity index (χ4v) is 2.87. The van der Waals surface area contributed by atoms with Crippen molar-refractivity contribution < 1.29 is 14.1 Å². The van der Waals surface area contributed by atoms with Gasteiger partial charge in [-0.2, -0.15) is 4.98 Å². The molecule has 1 aliphatic heterocycles. The van der Waals surface area contributed by atoms with Crippen LogP contribution in [-0.4, -0.2) is 41.1 Å². The Morgan fingerprint density at radius 2 is 2.13 bits per heavy atom. The number of rotatable bonds is 5. The SMILES string of the molecule is COc1ccc(CCN2C[C@H](c3nc(C)no3)CCC2=O)cc1. The Balaban J connectivity index is 1.60. The van der Waals surface area contributed by atoms with E-state index in [1.54, 1.807) is 7.11 Å². The molecule has 23 heavy (non-hydrogen) atoms. The summed E-state index contributed by atoms with van der Waals surface area (Å²) < 4.78 is 10.4. The quantitative estimate of drug-likeness (QED) is 0.847. The third-order valence-corrected chi connectivity index (χ3v) is 4.22. The Bertz CT molecular complexity index is 666. The van der Waals surface area contributed by atoms with Crippen molar-refractivity contribution in [1.82, 2.24) is 15.0 Å². The first kappa shape index (κ1) is 15.5. The van der Waals surface area contributed by atoms with Gasteiger partial charge >= 0.3 is 0 Å². The zero-order chi connectivity index (χ0) is 16.2. The van der Waals surface area contributed by atoms with Crippen LogP contribution in [0.3, 0.4) is 0 Å². The third kappa shape index (κ3) is 3.70. The number of benzene rings is 1. The van der Waals surface area contributed by atoms with Gasteiger partial charge in [0.2, 0.25) is 11.8 Å². The molecule has 0 bridgehead atoms. The molecule has 2 aromatic rings. The number of ether oxygens (including phenoxy) is 1. The van der Waals surface area contributed by atoms with Crippen LogP contribution >= 0.6 is 0 Å². The molecule has 0 unspecified atom stereocenters. The second kappa shape index (κ2) is 6.81. The number of amides is 1. The monoisotopic (exact) mass is 315 g/mol. The number of aromatic nitrogens is 2. The van der Waals surface area contributed by atoms with Crippen LogP contribution in [0, 0.1) is 6.92 Å². The van der Waals surface area contributed by atoms with Gasteiger partial charge in [-0.05, 0) is 37.5 Å². The molecule has 1 amide bonds. The predicted octanol–water partition coefficient (Wildman–Crippen LogP) is 2.34. The van der Waals surface area contributed by atoms with Crippen LogP contribution < -0.4 is 4.74 Å². The minimum Gasteiger partial charge on any atom is -0.497 e. The molecule has 0 radical (unpaired) electrons. The van der Waals surface area contributed by atoms with Crippen molar-refractivity contribution in [2.24, 2.45) is 0 Å². The molecule has 0 spiro atoms. The number of aryl methyl sites for hydroxylation is 1. The largest absolute Gasteiger partial charge is 0.497 e. The van der Waals surface area contributed by atoms with E-state index in [9.17, 15) is 4.79 Å². The summed E-state index contributed by atoms with van der Waals surface area (Å²) in [5.41, 5.74) is 1.19. The van der Waals surface area contributed by atoms with Crippen LogP contribution in [0.1, 0.15) is 36.0 Å². The summed E-state index contributed by atoms with van der Waals surface area (Å²) in [5.74, 6) is 2.47. The number of piperidine rings is 1. The molecule has 2 heterocycles. The van der Waals surface area contributed by atoms with Crippen LogP contribution in [0.4, 0.5) is 0 Å². The van der Waals surface area contributed by atoms with Crippen molar-refractivity contribution in [2.75, 3.05) is 20.2 Å². The van der Waals surface area contributed by atoms with Gasteiger partial charge in [-0.3, -0.25) is 4.79 Å². The van der Waals surface area contributed by atoms with Gasteiger partial charge < -0.3 is 14.2 Å². The first-order valence-corrected chi connectivity index (χ1v) is 7.86. The molecular weight excluding hydrogens is 294 g/mol. The fraction of sp³-hybridized carbons (Fsp3) is 0.471. The van der Waals surface area contributed by atoms with Crippen LogP contribution in [-0.2, 0) is 11.2 Å². The van der Waals surface area contributed by atoms with Crippen molar-refractivity contribution in [3.05, 3.63) is 41.5 Å². The van der Waals surface area contributed by atoms with Gasteiger partial charge in [0.15, 0.2) is 5.82 Å². The summed E-state index contributed by atoms with van der Waals surface area (Å²) in [7, 11) is 1.65. The van der Waals surface area contributed by atoms with E-state index in [0.717, 1.165) is 18.6 Å². The fourth-order valence-electron chi connectivity index (χ4n) is 2.87. The Hall–Kier alpha value is -2.37. The van der Waals surface area contributed by atoms with Gasteiger partial charge in [0, 0.05) is 19.5 Å². The summed E-state index contributed by atoms with van der Waals surface area (Å²) in [6.07, 6.45) is 2.14. The zero-order valence-electron chi connectivity index (χ0n) is 13.5. The Morgan fingerprint density at radius 1 is 1.35 bits per heavy atom. The Kier molecular flexibility index (Phi) is 4.60. The summed E-state index contributed by atoms with van der Waals surface area (Å²) in [5, 5.41) is 3.84. The topological polar surface area (TPSA) is 68.5 Å². The third-order valence-electron chi connectivity index (χ3n) is 4.22. The standard InChI is InChI=1S/C17H21N3O3/c1-12-18-17(23-19-12)14-5-8-16(21)20(11-14)10-9-13-3-6-15(22-2)7-4-13/h3-4,6-7,14H,5,8-11H2,1-2H3/t14-/m1/s1. The van der Waals surface area contributed by atoms with Gasteiger partial charge in [0.25, 0.3) is 0 Å². The van der Waals surface area contributed by atoms with Gasteiger partial charge in [-0.25, -0.2) is 0 Å². The van der Waals surface area contributed by atoms with Gasteiger partial charge in [0.1, 0.15) is 5.75 Å². The highest BCUT2D eigenvalue weighted by molar-refractivity contribution is 5.77. The molecule has 1 aromatic heterocycles. The first-order chi connectivity index (χ1) is 11.2. The average Bonchev–Trinajstić information content (AvgIpc) is 3.01. The molecule has 6 nitrogen and oxygen atoms in total. The van der Waals surface area contributed by atoms with Crippen LogP contribution in [0.5, 0.6) is 5.75 Å². The lowest BCUT2D eigenvalue weighted by Crippen LogP contribution is -2.40. The highest BCUT2D eigenvalue weighted by Gasteiger charge is 2.29. The maximum Gasteiger partial charge on any atom is 0.231 e. The lowest BCUT2D eigenvalue weighted by atomic mass is 9.97. The minimum absolute atomic E-state index is 0.143. The molecule has 1 aliphatic rings. The smallest absolute Gasteiger partial charge is 0.231 e. The van der Waals surface area contributed by atoms with E-state index in [-0.39, 0.29) is 11.8 Å². The molecule has 1 aromatic carbocycles. The second-order valence-electron chi connectivity index (χ2n) is 5.85. The van der Waals surface area contributed by atoms with Gasteiger partial charge in [-0.15, -0.1) is 0 Å². The van der Waals surface area contributed by atoms with Crippen LogP contribution in [0.25, 0.3) is 0 Å². The van der Waals surface area contributed by atoms with Crippen LogP contribution in [0.2, 0.25) is 0 Å². The molecule has 122 valence electrons. The maximum absolute atomic E-state index is 12.1. The van der Waals surface area contributed by atoms with Crippen molar-refractivity contribution in [1.29, 1.82) is 0 Å². The highest BCUT2D eigenvalue weighted by Crippen LogP contribution is 2.26. The number of methoxy groups -OCH3 is 1. The molecule has 6 heteroatoms. The number of carbonyl (C=O) groups is 1. The van der Waals surface area contributed by atoms with E-state index in [4.69, 9.17) is 9.26 Å². The molecule has 3 rings (SSSR count). The zero-order valence-corrected chi connectivity index (χ0v) is 13.5. The Labute approximate surface area is 135 Å². The lowest BCUT2D eigenvalue weighted by molar-refractivity contribution is -0.133. The summed E-state index contributed by atoms with van der Waals surface area (Å²) in [6, 6.07) is 7.95. The Morgan fingerprint density at radius 3 is 2.78 bits per heavy atom. The summed E-state index contributed by atoms with van der Waals surface area (Å²) in [4.78, 5) is 18.3. The summed E-state index contributed by atoms with van der Waals surface area (Å²) in [6.45, 7) is 3.16. The molecule has 1 saturated heterocycles. The number of carbonyl (C=O) groups excluding carboxylic acids is 1. The van der Waals surface area contributed by atoms with E-state index in [1.807, 2.05) is 36.1 Å². The van der Waals surface area contributed by atoms with Crippen molar-refractivity contribution in [3.8, 4) is 5.75 Å². The number of nitrogens with zero attached hydrogens (tertiary/aromatic N) is 3. The molecule has 1 atom stereocenters. The van der Waals surface area contributed by atoms with Crippen LogP contribution in [0.15, 0.2) is 28.8 Å². The highest BCUT2D eigenvalue weighted by atomic mass is 16.5. The van der Waals surface area contributed by atoms with Gasteiger partial charge in [-0.1, -0.05) is 17.3 Å². The molecule has 0 saturated carbocycles. The number of likely N-dealkylation sites (tertiary alicyclic amines) is 1. The average molecular weight is 315 g/mol.